The van der Waals surface area contributed by atoms with Crippen LogP contribution in [0.15, 0.2) is 52.3 Å². The van der Waals surface area contributed by atoms with Gasteiger partial charge in [0.15, 0.2) is 5.69 Å². The molecule has 9 heteroatoms. The number of nitriles is 1. The maximum atomic E-state index is 14.2. The number of hydrogen-bond donors (Lipinski definition) is 2. The third-order valence-electron chi connectivity index (χ3n) is 4.53. The van der Waals surface area contributed by atoms with E-state index >= 15 is 0 Å². The van der Waals surface area contributed by atoms with Gasteiger partial charge < -0.3 is 0 Å². The van der Waals surface area contributed by atoms with Crippen molar-refractivity contribution in [3.05, 3.63) is 80.8 Å². The van der Waals surface area contributed by atoms with Crippen LogP contribution in [0.5, 0.6) is 0 Å². The minimum atomic E-state index is -0.672. The molecule has 138 valence electrons. The number of pyridine rings is 1. The molecule has 4 rings (SSSR count). The third kappa shape index (κ3) is 2.77. The molecule has 1 aromatic carbocycles. The predicted octanol–water partition coefficient (Wildman–Crippen LogP) is 2.09. The molecule has 0 saturated carbocycles. The Balaban J connectivity index is 1.97. The maximum Gasteiger partial charge on any atom is 0.328 e. The van der Waals surface area contributed by atoms with E-state index in [-0.39, 0.29) is 22.2 Å². The summed E-state index contributed by atoms with van der Waals surface area (Å²) in [5.74, 6) is -0.629. The lowest BCUT2D eigenvalue weighted by Gasteiger charge is -2.15. The van der Waals surface area contributed by atoms with Gasteiger partial charge >= 0.3 is 5.69 Å². The summed E-state index contributed by atoms with van der Waals surface area (Å²) >= 11 is 0. The van der Waals surface area contributed by atoms with Crippen LogP contribution in [0.1, 0.15) is 24.4 Å². The fourth-order valence-corrected chi connectivity index (χ4v) is 3.11. The van der Waals surface area contributed by atoms with Crippen LogP contribution in [0, 0.1) is 17.1 Å². The Hall–Kier alpha value is -4.06. The van der Waals surface area contributed by atoms with E-state index in [2.05, 4.69) is 20.2 Å². The smallest absolute Gasteiger partial charge is 0.291 e. The summed E-state index contributed by atoms with van der Waals surface area (Å²) in [4.78, 5) is 31.3. The predicted molar refractivity (Wildman–Crippen MR) is 99.1 cm³/mol. The molecule has 1 unspecified atom stereocenters. The first-order valence-electron chi connectivity index (χ1n) is 8.34. The zero-order chi connectivity index (χ0) is 19.8. The molecule has 0 saturated heterocycles. The van der Waals surface area contributed by atoms with E-state index in [1.165, 1.54) is 16.8 Å². The van der Waals surface area contributed by atoms with Crippen molar-refractivity contribution in [1.82, 2.24) is 24.7 Å². The van der Waals surface area contributed by atoms with Crippen LogP contribution < -0.4 is 11.2 Å². The van der Waals surface area contributed by atoms with E-state index in [1.54, 1.807) is 31.3 Å². The molecule has 3 heterocycles. The van der Waals surface area contributed by atoms with Crippen molar-refractivity contribution in [1.29, 1.82) is 5.26 Å². The minimum absolute atomic E-state index is 0.0161. The van der Waals surface area contributed by atoms with Gasteiger partial charge in [-0.05, 0) is 31.2 Å². The number of H-pyrrole nitrogens is 2. The van der Waals surface area contributed by atoms with Gasteiger partial charge in [0.05, 0.1) is 22.8 Å². The Bertz CT molecular complexity index is 1350. The summed E-state index contributed by atoms with van der Waals surface area (Å²) in [6.07, 6.45) is 2.97. The molecule has 0 spiro atoms. The van der Waals surface area contributed by atoms with Gasteiger partial charge in [-0.2, -0.15) is 10.4 Å². The molecule has 2 N–H and O–H groups in total. The van der Waals surface area contributed by atoms with Crippen molar-refractivity contribution in [2.45, 2.75) is 13.0 Å². The highest BCUT2D eigenvalue weighted by Gasteiger charge is 2.18. The van der Waals surface area contributed by atoms with Crippen LogP contribution in [0.3, 0.4) is 0 Å². The van der Waals surface area contributed by atoms with Gasteiger partial charge in [0.2, 0.25) is 0 Å². The first-order chi connectivity index (χ1) is 13.5. The second-order valence-electron chi connectivity index (χ2n) is 6.20. The molecule has 0 aliphatic rings. The highest BCUT2D eigenvalue weighted by Crippen LogP contribution is 2.28. The van der Waals surface area contributed by atoms with Gasteiger partial charge in [0.25, 0.3) is 5.56 Å². The van der Waals surface area contributed by atoms with Gasteiger partial charge in [-0.25, -0.2) is 9.18 Å². The molecule has 8 nitrogen and oxygen atoms in total. The number of aromatic amines is 2. The van der Waals surface area contributed by atoms with E-state index in [0.717, 1.165) is 6.07 Å². The first kappa shape index (κ1) is 17.4. The number of halogens is 1. The fraction of sp³-hybridized carbons (Fsp3) is 0.105. The summed E-state index contributed by atoms with van der Waals surface area (Å²) in [5.41, 5.74) is -0.0367. The Kier molecular flexibility index (Phi) is 4.08. The Morgan fingerprint density at radius 1 is 1.25 bits per heavy atom. The number of aromatic nitrogens is 5. The number of rotatable bonds is 3. The number of benzene rings is 1. The zero-order valence-corrected chi connectivity index (χ0v) is 14.6. The summed E-state index contributed by atoms with van der Waals surface area (Å²) in [5, 5.41) is 15.9. The molecule has 1 atom stereocenters. The minimum Gasteiger partial charge on any atom is -0.291 e. The molecule has 0 fully saturated rings. The van der Waals surface area contributed by atoms with Crippen LogP contribution in [-0.4, -0.2) is 24.7 Å². The molecular formula is C19H13FN6O2. The molecule has 0 radical (unpaired) electrons. The average Bonchev–Trinajstić information content (AvgIpc) is 3.10. The molecular weight excluding hydrogens is 363 g/mol. The van der Waals surface area contributed by atoms with E-state index in [4.69, 9.17) is 5.26 Å². The highest BCUT2D eigenvalue weighted by atomic mass is 19.1. The van der Waals surface area contributed by atoms with Crippen molar-refractivity contribution in [2.24, 2.45) is 0 Å². The molecule has 0 amide bonds. The summed E-state index contributed by atoms with van der Waals surface area (Å²) < 4.78 is 15.5. The first-order valence-corrected chi connectivity index (χ1v) is 8.34. The molecule has 0 bridgehead atoms. The van der Waals surface area contributed by atoms with Crippen molar-refractivity contribution < 1.29 is 4.39 Å². The lowest BCUT2D eigenvalue weighted by Crippen LogP contribution is -2.32. The summed E-state index contributed by atoms with van der Waals surface area (Å²) in [6.45, 7) is 1.76. The largest absolute Gasteiger partial charge is 0.328 e. The number of nitrogens with zero attached hydrogens (tertiary/aromatic N) is 4. The molecule has 4 aromatic rings. The summed E-state index contributed by atoms with van der Waals surface area (Å²) in [6, 6.07) is 9.04. The van der Waals surface area contributed by atoms with Crippen molar-refractivity contribution in [3.63, 3.8) is 0 Å². The van der Waals surface area contributed by atoms with E-state index in [9.17, 15) is 14.0 Å². The standard InChI is InChI=1S/C19H13FN6O2/c1-10(15-4-2-3-5-22-15)26-9-14(18(27)23-19(26)28)12-6-11(20)7-13-16(8-21)24-25-17(12)13/h2-7,9-10H,1H3,(H,24,25)(H,23,27,28). The van der Waals surface area contributed by atoms with E-state index in [1.807, 2.05) is 6.07 Å². The van der Waals surface area contributed by atoms with E-state index < -0.39 is 23.1 Å². The second kappa shape index (κ2) is 6.59. The van der Waals surface area contributed by atoms with Gasteiger partial charge in [-0.1, -0.05) is 6.07 Å². The Morgan fingerprint density at radius 3 is 2.79 bits per heavy atom. The molecule has 3 aromatic heterocycles. The lowest BCUT2D eigenvalue weighted by molar-refractivity contribution is 0.581. The van der Waals surface area contributed by atoms with Gasteiger partial charge in [-0.3, -0.25) is 24.4 Å². The molecule has 28 heavy (non-hydrogen) atoms. The topological polar surface area (TPSA) is 120 Å². The fourth-order valence-electron chi connectivity index (χ4n) is 3.11. The monoisotopic (exact) mass is 376 g/mol. The van der Waals surface area contributed by atoms with Gasteiger partial charge in [0, 0.05) is 23.3 Å². The molecule has 0 aliphatic carbocycles. The highest BCUT2D eigenvalue weighted by molar-refractivity contribution is 5.95. The van der Waals surface area contributed by atoms with Crippen molar-refractivity contribution in [2.75, 3.05) is 0 Å². The van der Waals surface area contributed by atoms with Crippen LogP contribution in [0.2, 0.25) is 0 Å². The van der Waals surface area contributed by atoms with Gasteiger partial charge in [-0.15, -0.1) is 0 Å². The third-order valence-corrected chi connectivity index (χ3v) is 4.53. The number of hydrogen-bond acceptors (Lipinski definition) is 5. The Morgan fingerprint density at radius 2 is 2.07 bits per heavy atom. The zero-order valence-electron chi connectivity index (χ0n) is 14.6. The lowest BCUT2D eigenvalue weighted by atomic mass is 10.0. The maximum absolute atomic E-state index is 14.2. The number of fused-ring (bicyclic) bond motifs is 1. The summed E-state index contributed by atoms with van der Waals surface area (Å²) in [7, 11) is 0. The normalized spacial score (nSPS) is 12.0. The SMILES string of the molecule is CC(c1ccccn1)n1cc(-c2cc(F)cc3c(C#N)n[nH]c23)c(=O)[nH]c1=O. The average molecular weight is 376 g/mol. The molecule has 0 aliphatic heterocycles. The second-order valence-corrected chi connectivity index (χ2v) is 6.20. The van der Waals surface area contributed by atoms with Gasteiger partial charge in [0.1, 0.15) is 11.9 Å². The van der Waals surface area contributed by atoms with Crippen molar-refractivity contribution in [3.8, 4) is 17.2 Å². The number of nitrogens with one attached hydrogen (secondary N) is 2. The van der Waals surface area contributed by atoms with Crippen LogP contribution in [0.25, 0.3) is 22.0 Å². The Labute approximate surface area is 156 Å². The van der Waals surface area contributed by atoms with Crippen molar-refractivity contribution >= 4 is 10.9 Å². The quantitative estimate of drug-likeness (QED) is 0.567. The van der Waals surface area contributed by atoms with Crippen LogP contribution >= 0.6 is 0 Å². The van der Waals surface area contributed by atoms with E-state index in [0.29, 0.717) is 11.2 Å². The van der Waals surface area contributed by atoms with Crippen LogP contribution in [-0.2, 0) is 0 Å². The van der Waals surface area contributed by atoms with Crippen LogP contribution in [0.4, 0.5) is 4.39 Å².